The van der Waals surface area contributed by atoms with E-state index in [9.17, 15) is 4.79 Å². The Kier molecular flexibility index (Phi) is 2.96. The quantitative estimate of drug-likeness (QED) is 0.756. The summed E-state index contributed by atoms with van der Waals surface area (Å²) in [6.45, 7) is 4.91. The Labute approximate surface area is 86.8 Å². The van der Waals surface area contributed by atoms with Gasteiger partial charge in [-0.05, 0) is 25.4 Å². The van der Waals surface area contributed by atoms with Crippen molar-refractivity contribution < 1.29 is 4.79 Å². The van der Waals surface area contributed by atoms with Crippen LogP contribution in [0.3, 0.4) is 0 Å². The third kappa shape index (κ3) is 1.66. The number of hydrogen-bond donors (Lipinski definition) is 0. The van der Waals surface area contributed by atoms with E-state index >= 15 is 0 Å². The molecule has 0 aliphatic heterocycles. The summed E-state index contributed by atoms with van der Waals surface area (Å²) in [6.07, 6.45) is 0.718. The molecule has 0 saturated carbocycles. The second kappa shape index (κ2) is 3.84. The number of carbonyl (C=O) groups is 1. The van der Waals surface area contributed by atoms with E-state index in [2.05, 4.69) is 9.36 Å². The Morgan fingerprint density at radius 2 is 2.36 bits per heavy atom. The molecule has 0 radical (unpaired) electrons. The van der Waals surface area contributed by atoms with Crippen molar-refractivity contribution in [1.29, 1.82) is 5.26 Å². The van der Waals surface area contributed by atoms with E-state index in [0.29, 0.717) is 10.8 Å². The van der Waals surface area contributed by atoms with Gasteiger partial charge in [-0.1, -0.05) is 6.92 Å². The lowest BCUT2D eigenvalue weighted by atomic mass is 9.89. The lowest BCUT2D eigenvalue weighted by Crippen LogP contribution is -2.28. The fourth-order valence-electron chi connectivity index (χ4n) is 0.878. The molecule has 1 unspecified atom stereocenters. The van der Waals surface area contributed by atoms with Gasteiger partial charge in [0.25, 0.3) is 0 Å². The predicted octanol–water partition coefficient (Wildman–Crippen LogP) is 1.47. The van der Waals surface area contributed by atoms with Crippen LogP contribution < -0.4 is 0 Å². The highest BCUT2D eigenvalue weighted by atomic mass is 32.1. The molecule has 1 atom stereocenters. The van der Waals surface area contributed by atoms with Gasteiger partial charge in [0.2, 0.25) is 0 Å². The van der Waals surface area contributed by atoms with Crippen molar-refractivity contribution in [2.45, 2.75) is 32.6 Å². The second-order valence-electron chi connectivity index (χ2n) is 3.16. The summed E-state index contributed by atoms with van der Waals surface area (Å²) in [5.74, 6) is 0.492. The van der Waals surface area contributed by atoms with Gasteiger partial charge in [0, 0.05) is 6.42 Å². The van der Waals surface area contributed by atoms with Gasteiger partial charge in [-0.25, -0.2) is 4.98 Å². The largest absolute Gasteiger partial charge is 0.298 e. The maximum Gasteiger partial charge on any atom is 0.165 e. The van der Waals surface area contributed by atoms with Gasteiger partial charge in [-0.3, -0.25) is 4.79 Å². The summed E-state index contributed by atoms with van der Waals surface area (Å²) >= 11 is 1.13. The molecule has 0 aromatic carbocycles. The summed E-state index contributed by atoms with van der Waals surface area (Å²) in [6, 6.07) is 1.99. The zero-order chi connectivity index (χ0) is 10.8. The van der Waals surface area contributed by atoms with Gasteiger partial charge in [0.1, 0.15) is 10.8 Å². The first-order chi connectivity index (χ1) is 6.54. The fourth-order valence-corrected chi connectivity index (χ4v) is 1.76. The third-order valence-corrected chi connectivity index (χ3v) is 3.11. The summed E-state index contributed by atoms with van der Waals surface area (Å²) in [4.78, 5) is 15.5. The van der Waals surface area contributed by atoms with Gasteiger partial charge in [-0.2, -0.15) is 9.64 Å². The fraction of sp³-hybridized carbons (Fsp3) is 0.556. The minimum atomic E-state index is -1.13. The van der Waals surface area contributed by atoms with Crippen molar-refractivity contribution in [3.8, 4) is 6.07 Å². The number of nitrogens with zero attached hydrogens (tertiary/aromatic N) is 3. The normalized spacial score (nSPS) is 14.4. The van der Waals surface area contributed by atoms with Crippen molar-refractivity contribution in [1.82, 2.24) is 9.36 Å². The van der Waals surface area contributed by atoms with E-state index in [1.165, 1.54) is 6.92 Å². The van der Waals surface area contributed by atoms with Crippen LogP contribution in [0.1, 0.15) is 31.6 Å². The molecule has 1 heterocycles. The number of carbonyl (C=O) groups excluding carboxylic acids is 1. The van der Waals surface area contributed by atoms with Gasteiger partial charge >= 0.3 is 0 Å². The zero-order valence-electron chi connectivity index (χ0n) is 8.37. The number of aryl methyl sites for hydroxylation is 1. The van der Waals surface area contributed by atoms with E-state index < -0.39 is 5.41 Å². The van der Waals surface area contributed by atoms with Crippen LogP contribution in [-0.4, -0.2) is 15.1 Å². The highest BCUT2D eigenvalue weighted by Gasteiger charge is 2.35. The molecule has 5 heteroatoms. The molecule has 0 fully saturated rings. The molecule has 4 nitrogen and oxygen atoms in total. The monoisotopic (exact) mass is 209 g/mol. The minimum absolute atomic E-state index is 0.196. The molecule has 0 N–H and O–H groups in total. The van der Waals surface area contributed by atoms with Gasteiger partial charge in [0.05, 0.1) is 6.07 Å². The van der Waals surface area contributed by atoms with Crippen LogP contribution in [-0.2, 0) is 16.6 Å². The van der Waals surface area contributed by atoms with Gasteiger partial charge in [0.15, 0.2) is 11.2 Å². The molecule has 14 heavy (non-hydrogen) atoms. The molecular weight excluding hydrogens is 198 g/mol. The van der Waals surface area contributed by atoms with Crippen molar-refractivity contribution >= 4 is 17.3 Å². The average molecular weight is 209 g/mol. The van der Waals surface area contributed by atoms with E-state index in [0.717, 1.165) is 18.0 Å². The topological polar surface area (TPSA) is 66.6 Å². The Balaban J connectivity index is 3.14. The minimum Gasteiger partial charge on any atom is -0.298 e. The molecule has 0 spiro atoms. The molecule has 1 aromatic rings. The van der Waals surface area contributed by atoms with Crippen LogP contribution in [0.4, 0.5) is 0 Å². The Hall–Kier alpha value is -1.28. The number of aromatic nitrogens is 2. The van der Waals surface area contributed by atoms with Crippen molar-refractivity contribution in [2.24, 2.45) is 0 Å². The average Bonchev–Trinajstić information content (AvgIpc) is 2.64. The number of hydrogen-bond acceptors (Lipinski definition) is 5. The van der Waals surface area contributed by atoms with E-state index in [1.807, 2.05) is 13.0 Å². The molecule has 0 amide bonds. The predicted molar refractivity (Wildman–Crippen MR) is 52.9 cm³/mol. The lowest BCUT2D eigenvalue weighted by Gasteiger charge is -2.12. The zero-order valence-corrected chi connectivity index (χ0v) is 9.18. The standard InChI is InChI=1S/C9H11N3OS/c1-4-7-11-8(14-12-7)9(3,5-10)6(2)13/h4H2,1-3H3. The summed E-state index contributed by atoms with van der Waals surface area (Å²) < 4.78 is 4.06. The van der Waals surface area contributed by atoms with Crippen LogP contribution in [0.15, 0.2) is 0 Å². The highest BCUT2D eigenvalue weighted by Crippen LogP contribution is 2.25. The molecule has 0 aliphatic carbocycles. The summed E-state index contributed by atoms with van der Waals surface area (Å²) in [7, 11) is 0. The number of ketones is 1. The Morgan fingerprint density at radius 1 is 1.71 bits per heavy atom. The van der Waals surface area contributed by atoms with Crippen molar-refractivity contribution in [3.63, 3.8) is 0 Å². The van der Waals surface area contributed by atoms with Crippen LogP contribution in [0.5, 0.6) is 0 Å². The number of nitriles is 1. The van der Waals surface area contributed by atoms with Gasteiger partial charge in [-0.15, -0.1) is 0 Å². The Morgan fingerprint density at radius 3 is 2.71 bits per heavy atom. The molecule has 0 bridgehead atoms. The smallest absolute Gasteiger partial charge is 0.165 e. The van der Waals surface area contributed by atoms with Crippen molar-refractivity contribution in [3.05, 3.63) is 10.8 Å². The highest BCUT2D eigenvalue weighted by molar-refractivity contribution is 7.05. The van der Waals surface area contributed by atoms with Crippen LogP contribution in [0.25, 0.3) is 0 Å². The van der Waals surface area contributed by atoms with Crippen LogP contribution in [0, 0.1) is 11.3 Å². The first-order valence-electron chi connectivity index (χ1n) is 4.30. The molecule has 0 aliphatic rings. The van der Waals surface area contributed by atoms with E-state index in [1.54, 1.807) is 6.92 Å². The molecule has 74 valence electrons. The summed E-state index contributed by atoms with van der Waals surface area (Å²) in [5.41, 5.74) is -1.13. The Bertz CT molecular complexity index is 393. The maximum absolute atomic E-state index is 11.3. The van der Waals surface area contributed by atoms with Crippen LogP contribution >= 0.6 is 11.5 Å². The summed E-state index contributed by atoms with van der Waals surface area (Å²) in [5, 5.41) is 9.45. The van der Waals surface area contributed by atoms with E-state index in [4.69, 9.17) is 5.26 Å². The molecule has 1 rings (SSSR count). The van der Waals surface area contributed by atoms with Gasteiger partial charge < -0.3 is 0 Å². The second-order valence-corrected chi connectivity index (χ2v) is 3.91. The maximum atomic E-state index is 11.3. The first-order valence-corrected chi connectivity index (χ1v) is 5.07. The third-order valence-electron chi connectivity index (χ3n) is 2.14. The van der Waals surface area contributed by atoms with Crippen LogP contribution in [0.2, 0.25) is 0 Å². The lowest BCUT2D eigenvalue weighted by molar-refractivity contribution is -0.120. The molecule has 0 saturated heterocycles. The number of rotatable bonds is 3. The first kappa shape index (κ1) is 10.8. The van der Waals surface area contributed by atoms with E-state index in [-0.39, 0.29) is 5.78 Å². The SMILES string of the molecule is CCc1nsc(C(C)(C#N)C(C)=O)n1. The van der Waals surface area contributed by atoms with Crippen molar-refractivity contribution in [2.75, 3.05) is 0 Å². The number of Topliss-reactive ketones (excluding diaryl/α,β-unsaturated/α-hetero) is 1. The molecular formula is C9H11N3OS. The molecule has 1 aromatic heterocycles.